The number of furan rings is 1. The molecular formula is C37H48IrNO3-. The van der Waals surface area contributed by atoms with Gasteiger partial charge in [0.05, 0.1) is 12.0 Å². The van der Waals surface area contributed by atoms with Crippen molar-refractivity contribution < 1.29 is 34.4 Å². The molecular weight excluding hydrogens is 699 g/mol. The van der Waals surface area contributed by atoms with Crippen molar-refractivity contribution in [1.29, 1.82) is 0 Å². The van der Waals surface area contributed by atoms with Crippen molar-refractivity contribution in [3.05, 3.63) is 77.4 Å². The number of hydrogen-bond acceptors (Lipinski definition) is 4. The van der Waals surface area contributed by atoms with Crippen molar-refractivity contribution in [2.24, 2.45) is 17.3 Å². The van der Waals surface area contributed by atoms with Crippen LogP contribution in [0.1, 0.15) is 90.8 Å². The Labute approximate surface area is 266 Å². The number of aliphatic hydroxyl groups is 1. The van der Waals surface area contributed by atoms with E-state index < -0.39 is 0 Å². The van der Waals surface area contributed by atoms with Crippen LogP contribution in [0, 0.1) is 37.2 Å². The number of aliphatic hydroxyl groups excluding tert-OH is 1. The van der Waals surface area contributed by atoms with E-state index >= 15 is 0 Å². The Kier molecular flexibility index (Phi) is 13.2. The molecule has 2 heterocycles. The molecule has 0 atom stereocenters. The van der Waals surface area contributed by atoms with E-state index in [4.69, 9.17) is 4.42 Å². The van der Waals surface area contributed by atoms with Crippen LogP contribution >= 0.6 is 0 Å². The minimum Gasteiger partial charge on any atom is -0.512 e. The maximum absolute atomic E-state index is 11.7. The molecule has 2 aromatic carbocycles. The van der Waals surface area contributed by atoms with E-state index in [1.54, 1.807) is 0 Å². The maximum Gasteiger partial charge on any atom is 0.162 e. The summed E-state index contributed by atoms with van der Waals surface area (Å²) < 4.78 is 6.01. The van der Waals surface area contributed by atoms with E-state index in [-0.39, 0.29) is 48.9 Å². The van der Waals surface area contributed by atoms with Gasteiger partial charge in [0, 0.05) is 55.0 Å². The predicted octanol–water partition coefficient (Wildman–Crippen LogP) is 10.5. The van der Waals surface area contributed by atoms with E-state index in [9.17, 15) is 9.90 Å². The zero-order valence-corrected chi connectivity index (χ0v) is 29.2. The van der Waals surface area contributed by atoms with Crippen molar-refractivity contribution in [3.63, 3.8) is 0 Å². The summed E-state index contributed by atoms with van der Waals surface area (Å²) in [6.07, 6.45) is 9.69. The molecule has 0 saturated heterocycles. The molecule has 0 aliphatic heterocycles. The molecule has 4 rings (SSSR count). The number of fused-ring (bicyclic) bond motifs is 3. The van der Waals surface area contributed by atoms with Crippen molar-refractivity contribution in [1.82, 2.24) is 4.98 Å². The van der Waals surface area contributed by atoms with Gasteiger partial charge in [0.2, 0.25) is 0 Å². The summed E-state index contributed by atoms with van der Waals surface area (Å²) in [5, 5.41) is 13.2. The first-order chi connectivity index (χ1) is 19.4. The fourth-order valence-electron chi connectivity index (χ4n) is 5.53. The Morgan fingerprint density at radius 3 is 2.14 bits per heavy atom. The summed E-state index contributed by atoms with van der Waals surface area (Å²) in [6.45, 7) is 19.0. The second-order valence-corrected chi connectivity index (χ2v) is 12.4. The van der Waals surface area contributed by atoms with Gasteiger partial charge in [-0.05, 0) is 60.2 Å². The molecule has 0 unspecified atom stereocenters. The molecule has 0 fully saturated rings. The van der Waals surface area contributed by atoms with Gasteiger partial charge >= 0.3 is 0 Å². The van der Waals surface area contributed by atoms with Crippen molar-refractivity contribution >= 4 is 27.5 Å². The van der Waals surface area contributed by atoms with Gasteiger partial charge in [-0.1, -0.05) is 74.4 Å². The third kappa shape index (κ3) is 8.88. The summed E-state index contributed by atoms with van der Waals surface area (Å²) in [5.74, 6) is 0.547. The maximum atomic E-state index is 11.7. The van der Waals surface area contributed by atoms with Crippen molar-refractivity contribution in [3.8, 4) is 11.3 Å². The number of carbonyl (C=O) groups excluding carboxylic acids is 1. The minimum absolute atomic E-state index is 0. The first-order valence-corrected chi connectivity index (χ1v) is 15.1. The van der Waals surface area contributed by atoms with Crippen molar-refractivity contribution in [2.75, 3.05) is 0 Å². The fraction of sp³-hybridized carbons (Fsp3) is 0.459. The fourth-order valence-corrected chi connectivity index (χ4v) is 5.53. The molecule has 0 bridgehead atoms. The minimum atomic E-state index is 0. The Morgan fingerprint density at radius 1 is 0.952 bits per heavy atom. The topological polar surface area (TPSA) is 63.3 Å². The molecule has 5 heteroatoms. The molecule has 229 valence electrons. The summed E-state index contributed by atoms with van der Waals surface area (Å²) in [5.41, 5.74) is 6.80. The summed E-state index contributed by atoms with van der Waals surface area (Å²) in [6, 6.07) is 14.1. The number of pyridine rings is 1. The molecule has 2 aromatic heterocycles. The molecule has 4 aromatic rings. The van der Waals surface area contributed by atoms with E-state index in [1.165, 1.54) is 22.6 Å². The molecule has 0 amide bonds. The van der Waals surface area contributed by atoms with Crippen LogP contribution in [-0.4, -0.2) is 15.9 Å². The molecule has 1 N–H and O–H groups in total. The van der Waals surface area contributed by atoms with E-state index in [2.05, 4.69) is 69.9 Å². The third-order valence-corrected chi connectivity index (χ3v) is 7.77. The zero-order chi connectivity index (χ0) is 30.3. The van der Waals surface area contributed by atoms with Crippen LogP contribution in [0.15, 0.2) is 59.0 Å². The van der Waals surface area contributed by atoms with Gasteiger partial charge in [-0.15, -0.1) is 34.9 Å². The number of ketones is 1. The van der Waals surface area contributed by atoms with Gasteiger partial charge in [-0.25, -0.2) is 0 Å². The molecule has 0 aliphatic rings. The van der Waals surface area contributed by atoms with Crippen LogP contribution in [0.5, 0.6) is 0 Å². The number of aryl methyl sites for hydroxylation is 2. The van der Waals surface area contributed by atoms with Crippen LogP contribution in [0.25, 0.3) is 33.0 Å². The SMILES string of the molecule is CCC(CC)C(=O)/C=C(\O)C(CC)CC.Cc1[c-]c(-c2nccc3c2ccc2c(CC(C)(C)C)coc23)cc(C)c1.[Ir]. The normalized spacial score (nSPS) is 12.0. The van der Waals surface area contributed by atoms with Gasteiger partial charge < -0.3 is 14.5 Å². The molecule has 0 saturated carbocycles. The molecule has 4 nitrogen and oxygen atoms in total. The molecule has 1 radical (unpaired) electrons. The molecule has 0 aliphatic carbocycles. The first-order valence-electron chi connectivity index (χ1n) is 15.1. The van der Waals surface area contributed by atoms with E-state index in [1.807, 2.05) is 46.2 Å². The second-order valence-electron chi connectivity index (χ2n) is 12.4. The van der Waals surface area contributed by atoms with Crippen LogP contribution in [-0.2, 0) is 31.3 Å². The van der Waals surface area contributed by atoms with Gasteiger partial charge in [-0.3, -0.25) is 4.79 Å². The monoisotopic (exact) mass is 747 g/mol. The summed E-state index contributed by atoms with van der Waals surface area (Å²) >= 11 is 0. The zero-order valence-electron chi connectivity index (χ0n) is 26.9. The first kappa shape index (κ1) is 35.4. The van der Waals surface area contributed by atoms with Crippen LogP contribution in [0.4, 0.5) is 0 Å². The number of allylic oxidation sites excluding steroid dienone is 2. The quantitative estimate of drug-likeness (QED) is 0.105. The average molecular weight is 747 g/mol. The van der Waals surface area contributed by atoms with Crippen LogP contribution in [0.2, 0.25) is 0 Å². The Morgan fingerprint density at radius 2 is 1.57 bits per heavy atom. The van der Waals surface area contributed by atoms with Gasteiger partial charge in [0.1, 0.15) is 5.58 Å². The van der Waals surface area contributed by atoms with Crippen molar-refractivity contribution in [2.45, 2.75) is 94.4 Å². The third-order valence-electron chi connectivity index (χ3n) is 7.77. The van der Waals surface area contributed by atoms with Gasteiger partial charge in [0.15, 0.2) is 5.78 Å². The van der Waals surface area contributed by atoms with Crippen LogP contribution in [0.3, 0.4) is 0 Å². The number of aromatic nitrogens is 1. The van der Waals surface area contributed by atoms with Gasteiger partial charge in [-0.2, -0.15) is 0 Å². The van der Waals surface area contributed by atoms with Crippen LogP contribution < -0.4 is 0 Å². The number of hydrogen-bond donors (Lipinski definition) is 1. The van der Waals surface area contributed by atoms with Gasteiger partial charge in [0.25, 0.3) is 0 Å². The Bertz CT molecular complexity index is 1480. The summed E-state index contributed by atoms with van der Waals surface area (Å²) in [4.78, 5) is 16.4. The molecule has 0 spiro atoms. The summed E-state index contributed by atoms with van der Waals surface area (Å²) in [7, 11) is 0. The standard InChI is InChI=1S/C24H24NO.C13H24O2.Ir/c1-15-10-16(2)12-17(11-15)22-20-7-6-19-18(13-24(3,4)5)14-26-23(19)21(20)8-9-25-22;1-5-10(6-2)12(14)9-13(15)11(7-3)8-4;/h6-11,14H,13H2,1-5H3;9-11,14H,5-8H2,1-4H3;/q-1;;/b;12-9-;. The number of nitrogens with zero attached hydrogens (tertiary/aromatic N) is 1. The van der Waals surface area contributed by atoms with E-state index in [0.717, 1.165) is 65.3 Å². The number of carbonyl (C=O) groups is 1. The largest absolute Gasteiger partial charge is 0.512 e. The second kappa shape index (κ2) is 15.6. The van der Waals surface area contributed by atoms with E-state index in [0.29, 0.717) is 0 Å². The predicted molar refractivity (Wildman–Crippen MR) is 172 cm³/mol. The average Bonchev–Trinajstić information content (AvgIpc) is 3.31. The molecule has 42 heavy (non-hydrogen) atoms. The Hall–Kier alpha value is -2.75. The smallest absolute Gasteiger partial charge is 0.162 e. The Balaban J connectivity index is 0.000000334. The number of rotatable bonds is 9. The number of benzene rings is 2.